The largest absolute Gasteiger partial charge is 0.339 e. The Labute approximate surface area is 162 Å². The summed E-state index contributed by atoms with van der Waals surface area (Å²) in [6.07, 6.45) is 4.50. The third kappa shape index (κ3) is 3.91. The van der Waals surface area contributed by atoms with Crippen molar-refractivity contribution < 1.29 is 13.7 Å². The molecule has 2 heterocycles. The molecule has 0 spiro atoms. The van der Waals surface area contributed by atoms with Crippen molar-refractivity contribution in [2.45, 2.75) is 43.6 Å². The Morgan fingerprint density at radius 3 is 2.81 bits per heavy atom. The predicted octanol–water partition coefficient (Wildman–Crippen LogP) is 3.38. The molecule has 1 atom stereocenters. The fraction of sp³-hybridized carbons (Fsp3) is 0.500. The highest BCUT2D eigenvalue weighted by Crippen LogP contribution is 2.38. The first kappa shape index (κ1) is 19.6. The van der Waals surface area contributed by atoms with Crippen LogP contribution in [0.2, 0.25) is 0 Å². The number of aromatic nitrogens is 2. The number of hydrogen-bond acceptors (Lipinski definition) is 5. The molecule has 2 aromatic rings. The molecule has 1 aliphatic heterocycles. The molecule has 1 aromatic carbocycles. The number of nitrogens with zero attached hydrogens (tertiary/aromatic N) is 3. The normalized spacial score (nSPS) is 21.1. The number of carbonyl (C=O) groups excluding carboxylic acids is 1. The van der Waals surface area contributed by atoms with E-state index in [-0.39, 0.29) is 30.0 Å². The second-order valence-electron chi connectivity index (χ2n) is 7.16. The summed E-state index contributed by atoms with van der Waals surface area (Å²) in [5.74, 6) is 0.608. The molecule has 1 aromatic heterocycles. The van der Waals surface area contributed by atoms with Crippen LogP contribution in [-0.2, 0) is 5.54 Å². The number of carbonyl (C=O) groups is 1. The van der Waals surface area contributed by atoms with E-state index >= 15 is 0 Å². The van der Waals surface area contributed by atoms with Gasteiger partial charge in [-0.15, -0.1) is 12.4 Å². The van der Waals surface area contributed by atoms with Crippen LogP contribution >= 0.6 is 12.4 Å². The molecule has 7 nitrogen and oxygen atoms in total. The number of likely N-dealkylation sites (tertiary alicyclic amines) is 1. The van der Waals surface area contributed by atoms with Gasteiger partial charge in [-0.05, 0) is 44.2 Å². The molecule has 4 rings (SSSR count). The highest BCUT2D eigenvalue weighted by molar-refractivity contribution is 5.89. The topological polar surface area (TPSA) is 97.3 Å². The molecular formula is C18H23ClFN5O2. The molecule has 27 heavy (non-hydrogen) atoms. The molecular weight excluding hydrogens is 373 g/mol. The number of piperidine rings is 1. The third-order valence-corrected chi connectivity index (χ3v) is 5.31. The molecule has 3 N–H and O–H groups in total. The Morgan fingerprint density at radius 1 is 1.33 bits per heavy atom. The van der Waals surface area contributed by atoms with Gasteiger partial charge in [0.15, 0.2) is 5.82 Å². The fourth-order valence-electron chi connectivity index (χ4n) is 3.50. The maximum Gasteiger partial charge on any atom is 0.321 e. The molecule has 1 saturated heterocycles. The SMILES string of the molecule is Cl.NC1(c2noc(C3CCCN(C(=O)Nc4ccccc4F)C3)n2)CCC1. The first-order chi connectivity index (χ1) is 12.5. The van der Waals surface area contributed by atoms with E-state index in [1.807, 2.05) is 0 Å². The van der Waals surface area contributed by atoms with E-state index in [4.69, 9.17) is 10.3 Å². The lowest BCUT2D eigenvalue weighted by atomic mass is 9.77. The average Bonchev–Trinajstić information content (AvgIpc) is 3.12. The highest BCUT2D eigenvalue weighted by atomic mass is 35.5. The summed E-state index contributed by atoms with van der Waals surface area (Å²) < 4.78 is 19.2. The van der Waals surface area contributed by atoms with Crippen LogP contribution in [0.25, 0.3) is 0 Å². The van der Waals surface area contributed by atoms with Gasteiger partial charge in [0.1, 0.15) is 5.82 Å². The summed E-state index contributed by atoms with van der Waals surface area (Å²) in [6, 6.07) is 5.80. The van der Waals surface area contributed by atoms with E-state index in [9.17, 15) is 9.18 Å². The molecule has 2 fully saturated rings. The Morgan fingerprint density at radius 2 is 2.11 bits per heavy atom. The molecule has 0 bridgehead atoms. The summed E-state index contributed by atoms with van der Waals surface area (Å²) in [5.41, 5.74) is 5.96. The minimum absolute atomic E-state index is 0. The number of anilines is 1. The zero-order valence-electron chi connectivity index (χ0n) is 14.9. The maximum atomic E-state index is 13.7. The monoisotopic (exact) mass is 395 g/mol. The van der Waals surface area contributed by atoms with E-state index in [0.29, 0.717) is 24.8 Å². The Bertz CT molecular complexity index is 811. The van der Waals surface area contributed by atoms with Gasteiger partial charge in [-0.3, -0.25) is 0 Å². The lowest BCUT2D eigenvalue weighted by molar-refractivity contribution is 0.183. The van der Waals surface area contributed by atoms with Crippen molar-refractivity contribution in [1.82, 2.24) is 15.0 Å². The van der Waals surface area contributed by atoms with Crippen molar-refractivity contribution in [2.24, 2.45) is 5.73 Å². The van der Waals surface area contributed by atoms with Gasteiger partial charge in [0.05, 0.1) is 17.1 Å². The Kier molecular flexibility index (Phi) is 5.67. The number of urea groups is 1. The van der Waals surface area contributed by atoms with Crippen LogP contribution in [-0.4, -0.2) is 34.2 Å². The molecule has 1 aliphatic carbocycles. The highest BCUT2D eigenvalue weighted by Gasteiger charge is 2.40. The first-order valence-corrected chi connectivity index (χ1v) is 8.98. The van der Waals surface area contributed by atoms with Crippen LogP contribution in [0, 0.1) is 5.82 Å². The zero-order chi connectivity index (χ0) is 18.1. The molecule has 146 valence electrons. The van der Waals surface area contributed by atoms with Gasteiger partial charge < -0.3 is 20.5 Å². The molecule has 9 heteroatoms. The van der Waals surface area contributed by atoms with Crippen molar-refractivity contribution in [2.75, 3.05) is 18.4 Å². The van der Waals surface area contributed by atoms with Crippen LogP contribution < -0.4 is 11.1 Å². The number of para-hydroxylation sites is 1. The number of amides is 2. The van der Waals surface area contributed by atoms with E-state index in [0.717, 1.165) is 32.1 Å². The van der Waals surface area contributed by atoms with Gasteiger partial charge in [-0.2, -0.15) is 4.98 Å². The van der Waals surface area contributed by atoms with Gasteiger partial charge in [0, 0.05) is 13.1 Å². The van der Waals surface area contributed by atoms with Gasteiger partial charge in [0.2, 0.25) is 5.89 Å². The van der Waals surface area contributed by atoms with Gasteiger partial charge in [0.25, 0.3) is 0 Å². The molecule has 1 saturated carbocycles. The second kappa shape index (κ2) is 7.82. The lowest BCUT2D eigenvalue weighted by Crippen LogP contribution is -2.44. The zero-order valence-corrected chi connectivity index (χ0v) is 15.7. The summed E-state index contributed by atoms with van der Waals surface area (Å²) in [6.45, 7) is 1.07. The summed E-state index contributed by atoms with van der Waals surface area (Å²) in [5, 5.41) is 6.68. The standard InChI is InChI=1S/C18H22FN5O2.ClH/c19-13-6-1-2-7-14(13)21-17(25)24-10-3-5-12(11-24)15-22-16(23-26-15)18(20)8-4-9-18;/h1-2,6-7,12H,3-5,8-11,20H2,(H,21,25);1H. The molecule has 1 unspecified atom stereocenters. The van der Waals surface area contributed by atoms with Crippen molar-refractivity contribution in [3.8, 4) is 0 Å². The van der Waals surface area contributed by atoms with Crippen LogP contribution in [0.4, 0.5) is 14.9 Å². The number of nitrogens with two attached hydrogens (primary N) is 1. The first-order valence-electron chi connectivity index (χ1n) is 8.98. The summed E-state index contributed by atoms with van der Waals surface area (Å²) >= 11 is 0. The number of rotatable bonds is 3. The van der Waals surface area contributed by atoms with Crippen molar-refractivity contribution in [3.05, 3.63) is 41.8 Å². The smallest absolute Gasteiger partial charge is 0.321 e. The summed E-state index contributed by atoms with van der Waals surface area (Å²) in [7, 11) is 0. The van der Waals surface area contributed by atoms with Crippen molar-refractivity contribution >= 4 is 24.1 Å². The minimum Gasteiger partial charge on any atom is -0.339 e. The van der Waals surface area contributed by atoms with E-state index in [1.54, 1.807) is 17.0 Å². The quantitative estimate of drug-likeness (QED) is 0.830. The average molecular weight is 396 g/mol. The van der Waals surface area contributed by atoms with E-state index in [1.165, 1.54) is 12.1 Å². The van der Waals surface area contributed by atoms with E-state index < -0.39 is 11.4 Å². The predicted molar refractivity (Wildman–Crippen MR) is 100 cm³/mol. The van der Waals surface area contributed by atoms with Crippen LogP contribution in [0.3, 0.4) is 0 Å². The van der Waals surface area contributed by atoms with Gasteiger partial charge >= 0.3 is 6.03 Å². The number of nitrogens with one attached hydrogen (secondary N) is 1. The van der Waals surface area contributed by atoms with Crippen molar-refractivity contribution in [3.63, 3.8) is 0 Å². The van der Waals surface area contributed by atoms with Crippen molar-refractivity contribution in [1.29, 1.82) is 0 Å². The number of benzene rings is 1. The second-order valence-corrected chi connectivity index (χ2v) is 7.16. The minimum atomic E-state index is -0.460. The summed E-state index contributed by atoms with van der Waals surface area (Å²) in [4.78, 5) is 18.6. The molecule has 2 aliphatic rings. The molecule has 0 radical (unpaired) electrons. The van der Waals surface area contributed by atoms with E-state index in [2.05, 4.69) is 15.5 Å². The number of hydrogen-bond donors (Lipinski definition) is 2. The fourth-order valence-corrected chi connectivity index (χ4v) is 3.50. The molecule has 2 amide bonds. The Hall–Kier alpha value is -2.19. The van der Waals surface area contributed by atoms with Crippen LogP contribution in [0.5, 0.6) is 0 Å². The lowest BCUT2D eigenvalue weighted by Gasteiger charge is -2.34. The number of halogens is 2. The van der Waals surface area contributed by atoms with Crippen LogP contribution in [0.15, 0.2) is 28.8 Å². The van der Waals surface area contributed by atoms with Gasteiger partial charge in [-0.25, -0.2) is 9.18 Å². The van der Waals surface area contributed by atoms with Crippen LogP contribution in [0.1, 0.15) is 49.7 Å². The Balaban J connectivity index is 0.00000210. The maximum absolute atomic E-state index is 13.7. The van der Waals surface area contributed by atoms with Gasteiger partial charge in [-0.1, -0.05) is 17.3 Å². The third-order valence-electron chi connectivity index (χ3n) is 5.31.